The first-order valence-corrected chi connectivity index (χ1v) is 4.90. The maximum absolute atomic E-state index is 5.43. The maximum Gasteiger partial charge on any atom is 0.289 e. The molecular formula is C11H14N2O2. The van der Waals surface area contributed by atoms with Gasteiger partial charge >= 0.3 is 0 Å². The van der Waals surface area contributed by atoms with E-state index in [1.54, 1.807) is 7.11 Å². The van der Waals surface area contributed by atoms with E-state index < -0.39 is 0 Å². The molecule has 0 amide bonds. The molecular weight excluding hydrogens is 192 g/mol. The molecule has 0 aromatic heterocycles. The van der Waals surface area contributed by atoms with Gasteiger partial charge < -0.3 is 14.8 Å². The van der Waals surface area contributed by atoms with Crippen LogP contribution in [0.15, 0.2) is 29.3 Å². The lowest BCUT2D eigenvalue weighted by atomic mass is 10.3. The molecule has 1 aliphatic rings. The van der Waals surface area contributed by atoms with E-state index in [0.717, 1.165) is 18.0 Å². The number of methoxy groups -OCH3 is 1. The first-order valence-electron chi connectivity index (χ1n) is 4.90. The van der Waals surface area contributed by atoms with Crippen molar-refractivity contribution in [1.82, 2.24) is 0 Å². The Balaban J connectivity index is 1.99. The molecule has 1 unspecified atom stereocenters. The van der Waals surface area contributed by atoms with Crippen molar-refractivity contribution in [3.8, 4) is 5.75 Å². The van der Waals surface area contributed by atoms with E-state index in [-0.39, 0.29) is 6.10 Å². The third kappa shape index (κ3) is 2.40. The molecule has 15 heavy (non-hydrogen) atoms. The van der Waals surface area contributed by atoms with Gasteiger partial charge in [-0.3, -0.25) is 0 Å². The molecule has 0 saturated heterocycles. The zero-order valence-corrected chi connectivity index (χ0v) is 8.86. The highest BCUT2D eigenvalue weighted by Gasteiger charge is 2.14. The van der Waals surface area contributed by atoms with Crippen LogP contribution in [-0.4, -0.2) is 25.8 Å². The standard InChI is InChI=1S/C11H14N2O2/c1-8-7-12-11(15-8)13-9-3-5-10(14-2)6-4-9/h3-6,8H,7H2,1-2H3,(H,12,13). The van der Waals surface area contributed by atoms with E-state index in [4.69, 9.17) is 9.47 Å². The van der Waals surface area contributed by atoms with Gasteiger partial charge in [-0.05, 0) is 31.2 Å². The van der Waals surface area contributed by atoms with E-state index in [2.05, 4.69) is 10.3 Å². The summed E-state index contributed by atoms with van der Waals surface area (Å²) in [5, 5.41) is 3.09. The van der Waals surface area contributed by atoms with E-state index in [0.29, 0.717) is 6.02 Å². The second kappa shape index (κ2) is 4.21. The molecule has 0 fully saturated rings. The van der Waals surface area contributed by atoms with Gasteiger partial charge in [0.2, 0.25) is 0 Å². The normalized spacial score (nSPS) is 19.3. The first kappa shape index (κ1) is 9.83. The van der Waals surface area contributed by atoms with Gasteiger partial charge in [0.25, 0.3) is 6.02 Å². The van der Waals surface area contributed by atoms with Gasteiger partial charge in [0.05, 0.1) is 13.7 Å². The first-order chi connectivity index (χ1) is 7.28. The number of amidine groups is 1. The molecule has 1 heterocycles. The van der Waals surface area contributed by atoms with Crippen molar-refractivity contribution in [3.63, 3.8) is 0 Å². The summed E-state index contributed by atoms with van der Waals surface area (Å²) in [4.78, 5) is 4.21. The highest BCUT2D eigenvalue weighted by atomic mass is 16.5. The lowest BCUT2D eigenvalue weighted by Gasteiger charge is -2.08. The summed E-state index contributed by atoms with van der Waals surface area (Å²) in [5.41, 5.74) is 0.948. The lowest BCUT2D eigenvalue weighted by molar-refractivity contribution is 0.245. The number of anilines is 1. The molecule has 4 heteroatoms. The third-order valence-electron chi connectivity index (χ3n) is 2.15. The summed E-state index contributed by atoms with van der Waals surface area (Å²) in [6, 6.07) is 8.22. The minimum absolute atomic E-state index is 0.172. The van der Waals surface area contributed by atoms with E-state index in [1.807, 2.05) is 31.2 Å². The number of hydrogen-bond donors (Lipinski definition) is 1. The summed E-state index contributed by atoms with van der Waals surface area (Å²) in [6.07, 6.45) is 0.172. The van der Waals surface area contributed by atoms with Crippen molar-refractivity contribution in [2.75, 3.05) is 19.0 Å². The monoisotopic (exact) mass is 206 g/mol. The van der Waals surface area contributed by atoms with Gasteiger partial charge in [-0.25, -0.2) is 4.99 Å². The van der Waals surface area contributed by atoms with Crippen molar-refractivity contribution >= 4 is 11.7 Å². The molecule has 1 atom stereocenters. The number of rotatable bonds is 2. The lowest BCUT2D eigenvalue weighted by Crippen LogP contribution is -2.15. The highest BCUT2D eigenvalue weighted by Crippen LogP contribution is 2.16. The Kier molecular flexibility index (Phi) is 2.76. The molecule has 1 aromatic carbocycles. The van der Waals surface area contributed by atoms with E-state index >= 15 is 0 Å². The predicted molar refractivity (Wildman–Crippen MR) is 59.5 cm³/mol. The largest absolute Gasteiger partial charge is 0.497 e. The van der Waals surface area contributed by atoms with E-state index in [9.17, 15) is 0 Å². The van der Waals surface area contributed by atoms with Gasteiger partial charge in [0, 0.05) is 5.69 Å². The fourth-order valence-corrected chi connectivity index (χ4v) is 1.34. The van der Waals surface area contributed by atoms with Gasteiger partial charge in [-0.2, -0.15) is 0 Å². The summed E-state index contributed by atoms with van der Waals surface area (Å²) in [7, 11) is 1.65. The maximum atomic E-state index is 5.43. The van der Waals surface area contributed by atoms with Crippen LogP contribution in [0.3, 0.4) is 0 Å². The summed E-state index contributed by atoms with van der Waals surface area (Å²) in [6.45, 7) is 2.71. The van der Waals surface area contributed by atoms with Crippen LogP contribution in [0.4, 0.5) is 5.69 Å². The van der Waals surface area contributed by atoms with Crippen molar-refractivity contribution in [2.24, 2.45) is 4.99 Å². The average molecular weight is 206 g/mol. The third-order valence-corrected chi connectivity index (χ3v) is 2.15. The van der Waals surface area contributed by atoms with Crippen LogP contribution >= 0.6 is 0 Å². The fourth-order valence-electron chi connectivity index (χ4n) is 1.34. The molecule has 4 nitrogen and oxygen atoms in total. The summed E-state index contributed by atoms with van der Waals surface area (Å²) < 4.78 is 10.5. The van der Waals surface area contributed by atoms with Crippen LogP contribution in [0.2, 0.25) is 0 Å². The number of aliphatic imine (C=N–C) groups is 1. The Hall–Kier alpha value is -1.71. The Labute approximate surface area is 88.9 Å². The Morgan fingerprint density at radius 2 is 2.13 bits per heavy atom. The van der Waals surface area contributed by atoms with Crippen LogP contribution in [0.1, 0.15) is 6.92 Å². The topological polar surface area (TPSA) is 42.8 Å². The van der Waals surface area contributed by atoms with Gasteiger partial charge in [0.1, 0.15) is 11.9 Å². The fraction of sp³-hybridized carbons (Fsp3) is 0.364. The average Bonchev–Trinajstić information content (AvgIpc) is 2.65. The summed E-state index contributed by atoms with van der Waals surface area (Å²) >= 11 is 0. The molecule has 0 spiro atoms. The Morgan fingerprint density at radius 3 is 2.67 bits per heavy atom. The van der Waals surface area contributed by atoms with Crippen molar-refractivity contribution in [2.45, 2.75) is 13.0 Å². The Morgan fingerprint density at radius 1 is 1.40 bits per heavy atom. The molecule has 1 N–H and O–H groups in total. The van der Waals surface area contributed by atoms with Crippen molar-refractivity contribution < 1.29 is 9.47 Å². The molecule has 0 aliphatic carbocycles. The molecule has 1 aromatic rings. The van der Waals surface area contributed by atoms with Gasteiger partial charge in [-0.15, -0.1) is 0 Å². The van der Waals surface area contributed by atoms with Crippen molar-refractivity contribution in [3.05, 3.63) is 24.3 Å². The minimum Gasteiger partial charge on any atom is -0.497 e. The molecule has 0 saturated carbocycles. The highest BCUT2D eigenvalue weighted by molar-refractivity contribution is 5.90. The predicted octanol–water partition coefficient (Wildman–Crippen LogP) is 1.88. The number of nitrogens with one attached hydrogen (secondary N) is 1. The second-order valence-corrected chi connectivity index (χ2v) is 3.43. The smallest absolute Gasteiger partial charge is 0.289 e. The van der Waals surface area contributed by atoms with Crippen molar-refractivity contribution in [1.29, 1.82) is 0 Å². The van der Waals surface area contributed by atoms with Crippen LogP contribution in [0.5, 0.6) is 5.75 Å². The molecule has 1 aliphatic heterocycles. The van der Waals surface area contributed by atoms with Crippen LogP contribution in [0.25, 0.3) is 0 Å². The number of hydrogen-bond acceptors (Lipinski definition) is 4. The quantitative estimate of drug-likeness (QED) is 0.803. The zero-order valence-electron chi connectivity index (χ0n) is 8.86. The van der Waals surface area contributed by atoms with Crippen LogP contribution in [-0.2, 0) is 4.74 Å². The van der Waals surface area contributed by atoms with Gasteiger partial charge in [0.15, 0.2) is 0 Å². The second-order valence-electron chi connectivity index (χ2n) is 3.43. The van der Waals surface area contributed by atoms with E-state index in [1.165, 1.54) is 0 Å². The SMILES string of the molecule is COc1ccc(NC2=NCC(C)O2)cc1. The molecule has 2 rings (SSSR count). The van der Waals surface area contributed by atoms with Crippen LogP contribution in [0, 0.1) is 0 Å². The molecule has 0 radical (unpaired) electrons. The number of benzene rings is 1. The Bertz CT molecular complexity index is 359. The number of ether oxygens (including phenoxy) is 2. The number of nitrogens with zero attached hydrogens (tertiary/aromatic N) is 1. The molecule has 80 valence electrons. The zero-order chi connectivity index (χ0) is 10.7. The molecule has 0 bridgehead atoms. The summed E-state index contributed by atoms with van der Waals surface area (Å²) in [5.74, 6) is 0.836. The van der Waals surface area contributed by atoms with Gasteiger partial charge in [-0.1, -0.05) is 0 Å². The minimum atomic E-state index is 0.172. The van der Waals surface area contributed by atoms with Crippen LogP contribution < -0.4 is 10.1 Å².